The highest BCUT2D eigenvalue weighted by Gasteiger charge is 2.12. The Morgan fingerprint density at radius 1 is 1.10 bits per heavy atom. The summed E-state index contributed by atoms with van der Waals surface area (Å²) in [4.78, 5) is 10.1. The molecule has 0 radical (unpaired) electrons. The molecule has 2 nitrogen and oxygen atoms in total. The van der Waals surface area contributed by atoms with Crippen LogP contribution in [0, 0.1) is 0 Å². The summed E-state index contributed by atoms with van der Waals surface area (Å²) in [6.07, 6.45) is 3.70. The SMILES string of the molecule is CC(C)c1nc(Cl)cc(Sc2ccc3c(c2)CCC3)n1. The number of aromatic nitrogens is 2. The summed E-state index contributed by atoms with van der Waals surface area (Å²) in [6, 6.07) is 8.56. The highest BCUT2D eigenvalue weighted by molar-refractivity contribution is 7.99. The number of benzene rings is 1. The fraction of sp³-hybridized carbons (Fsp3) is 0.375. The fourth-order valence-electron chi connectivity index (χ4n) is 2.46. The number of aryl methyl sites for hydroxylation is 2. The van der Waals surface area contributed by atoms with E-state index in [2.05, 4.69) is 42.0 Å². The van der Waals surface area contributed by atoms with Crippen LogP contribution in [0.2, 0.25) is 5.15 Å². The number of rotatable bonds is 3. The zero-order chi connectivity index (χ0) is 14.1. The third-order valence-corrected chi connectivity index (χ3v) is 4.60. The normalized spacial score (nSPS) is 13.8. The van der Waals surface area contributed by atoms with E-state index >= 15 is 0 Å². The first-order chi connectivity index (χ1) is 9.61. The summed E-state index contributed by atoms with van der Waals surface area (Å²) >= 11 is 7.75. The van der Waals surface area contributed by atoms with Crippen molar-refractivity contribution in [1.82, 2.24) is 9.97 Å². The Balaban J connectivity index is 1.87. The number of hydrogen-bond acceptors (Lipinski definition) is 3. The van der Waals surface area contributed by atoms with Gasteiger partial charge in [-0.15, -0.1) is 0 Å². The van der Waals surface area contributed by atoms with Gasteiger partial charge in [-0.05, 0) is 42.5 Å². The van der Waals surface area contributed by atoms with Crippen LogP contribution in [0.25, 0.3) is 0 Å². The Bertz CT molecular complexity index is 640. The molecule has 0 aliphatic heterocycles. The largest absolute Gasteiger partial charge is 0.226 e. The average Bonchev–Trinajstić information content (AvgIpc) is 2.85. The van der Waals surface area contributed by atoms with E-state index in [0.717, 1.165) is 10.9 Å². The monoisotopic (exact) mass is 304 g/mol. The Labute approximate surface area is 129 Å². The van der Waals surface area contributed by atoms with Crippen LogP contribution in [0.15, 0.2) is 34.2 Å². The molecule has 1 aromatic heterocycles. The van der Waals surface area contributed by atoms with E-state index in [4.69, 9.17) is 11.6 Å². The van der Waals surface area contributed by atoms with Crippen LogP contribution in [-0.4, -0.2) is 9.97 Å². The minimum atomic E-state index is 0.285. The lowest BCUT2D eigenvalue weighted by Crippen LogP contribution is -1.98. The molecular formula is C16H17ClN2S. The summed E-state index contributed by atoms with van der Waals surface area (Å²) in [5, 5.41) is 1.44. The average molecular weight is 305 g/mol. The second-order valence-corrected chi connectivity index (χ2v) is 6.91. The molecule has 1 aliphatic carbocycles. The van der Waals surface area contributed by atoms with Crippen molar-refractivity contribution in [3.63, 3.8) is 0 Å². The smallest absolute Gasteiger partial charge is 0.133 e. The number of fused-ring (bicyclic) bond motifs is 1. The lowest BCUT2D eigenvalue weighted by Gasteiger charge is -2.08. The Morgan fingerprint density at radius 2 is 1.90 bits per heavy atom. The quantitative estimate of drug-likeness (QED) is 0.755. The molecule has 0 saturated carbocycles. The molecule has 0 fully saturated rings. The second kappa shape index (κ2) is 5.74. The Morgan fingerprint density at radius 3 is 2.70 bits per heavy atom. The van der Waals surface area contributed by atoms with Gasteiger partial charge in [0, 0.05) is 16.9 Å². The Hall–Kier alpha value is -1.06. The maximum atomic E-state index is 6.09. The van der Waals surface area contributed by atoms with Crippen LogP contribution in [0.3, 0.4) is 0 Å². The maximum Gasteiger partial charge on any atom is 0.133 e. The van der Waals surface area contributed by atoms with E-state index in [1.54, 1.807) is 11.8 Å². The first-order valence-electron chi connectivity index (χ1n) is 6.96. The zero-order valence-electron chi connectivity index (χ0n) is 11.7. The zero-order valence-corrected chi connectivity index (χ0v) is 13.3. The number of nitrogens with zero attached hydrogens (tertiary/aromatic N) is 2. The van der Waals surface area contributed by atoms with E-state index in [9.17, 15) is 0 Å². The summed E-state index contributed by atoms with van der Waals surface area (Å²) in [5.41, 5.74) is 2.98. The molecule has 0 saturated heterocycles. The van der Waals surface area contributed by atoms with Crippen molar-refractivity contribution in [3.05, 3.63) is 46.4 Å². The lowest BCUT2D eigenvalue weighted by atomic mass is 10.1. The van der Waals surface area contributed by atoms with Crippen molar-refractivity contribution in [3.8, 4) is 0 Å². The predicted octanol–water partition coefficient (Wildman–Crippen LogP) is 4.89. The van der Waals surface area contributed by atoms with Crippen molar-refractivity contribution in [2.45, 2.75) is 48.9 Å². The van der Waals surface area contributed by atoms with E-state index < -0.39 is 0 Å². The molecule has 104 valence electrons. The molecule has 1 heterocycles. The molecule has 0 N–H and O–H groups in total. The van der Waals surface area contributed by atoms with E-state index in [0.29, 0.717) is 5.15 Å². The number of hydrogen-bond donors (Lipinski definition) is 0. The predicted molar refractivity (Wildman–Crippen MR) is 83.7 cm³/mol. The molecular weight excluding hydrogens is 288 g/mol. The van der Waals surface area contributed by atoms with Crippen LogP contribution in [0.1, 0.15) is 43.1 Å². The molecule has 0 bridgehead atoms. The van der Waals surface area contributed by atoms with Gasteiger partial charge in [0.15, 0.2) is 0 Å². The fourth-order valence-corrected chi connectivity index (χ4v) is 3.60. The number of halogens is 1. The van der Waals surface area contributed by atoms with E-state index in [1.807, 2.05) is 6.07 Å². The van der Waals surface area contributed by atoms with E-state index in [-0.39, 0.29) is 5.92 Å². The molecule has 0 atom stereocenters. The summed E-state index contributed by atoms with van der Waals surface area (Å²) in [5.74, 6) is 1.09. The molecule has 2 aromatic rings. The van der Waals surface area contributed by atoms with Gasteiger partial charge < -0.3 is 0 Å². The molecule has 0 spiro atoms. The van der Waals surface area contributed by atoms with Gasteiger partial charge in [0.2, 0.25) is 0 Å². The first-order valence-corrected chi connectivity index (χ1v) is 8.15. The van der Waals surface area contributed by atoms with Crippen molar-refractivity contribution in [2.75, 3.05) is 0 Å². The van der Waals surface area contributed by atoms with Gasteiger partial charge in [0.05, 0.1) is 0 Å². The molecule has 0 amide bonds. The summed E-state index contributed by atoms with van der Waals surface area (Å²) in [6.45, 7) is 4.16. The van der Waals surface area contributed by atoms with Crippen LogP contribution in [0.4, 0.5) is 0 Å². The van der Waals surface area contributed by atoms with Crippen molar-refractivity contribution >= 4 is 23.4 Å². The molecule has 1 aromatic carbocycles. The van der Waals surface area contributed by atoms with Gasteiger partial charge in [-0.25, -0.2) is 9.97 Å². The third kappa shape index (κ3) is 2.99. The minimum Gasteiger partial charge on any atom is -0.226 e. The summed E-state index contributed by atoms with van der Waals surface area (Å²) < 4.78 is 0. The second-order valence-electron chi connectivity index (χ2n) is 5.43. The molecule has 4 heteroatoms. The molecule has 3 rings (SSSR count). The van der Waals surface area contributed by atoms with Crippen LogP contribution in [0.5, 0.6) is 0 Å². The van der Waals surface area contributed by atoms with Gasteiger partial charge >= 0.3 is 0 Å². The van der Waals surface area contributed by atoms with Crippen LogP contribution >= 0.6 is 23.4 Å². The van der Waals surface area contributed by atoms with Gasteiger partial charge in [-0.3, -0.25) is 0 Å². The van der Waals surface area contributed by atoms with Gasteiger partial charge in [-0.2, -0.15) is 0 Å². The Kier molecular flexibility index (Phi) is 3.99. The third-order valence-electron chi connectivity index (χ3n) is 3.50. The minimum absolute atomic E-state index is 0.285. The van der Waals surface area contributed by atoms with E-state index in [1.165, 1.54) is 35.3 Å². The molecule has 0 unspecified atom stereocenters. The first kappa shape index (κ1) is 13.9. The van der Waals surface area contributed by atoms with Crippen molar-refractivity contribution in [2.24, 2.45) is 0 Å². The van der Waals surface area contributed by atoms with Crippen molar-refractivity contribution in [1.29, 1.82) is 0 Å². The summed E-state index contributed by atoms with van der Waals surface area (Å²) in [7, 11) is 0. The van der Waals surface area contributed by atoms with Crippen LogP contribution in [-0.2, 0) is 12.8 Å². The molecule has 1 aliphatic rings. The van der Waals surface area contributed by atoms with Crippen molar-refractivity contribution < 1.29 is 0 Å². The van der Waals surface area contributed by atoms with Gasteiger partial charge in [-0.1, -0.05) is 43.3 Å². The molecule has 20 heavy (non-hydrogen) atoms. The maximum absolute atomic E-state index is 6.09. The topological polar surface area (TPSA) is 25.8 Å². The van der Waals surface area contributed by atoms with Gasteiger partial charge in [0.25, 0.3) is 0 Å². The van der Waals surface area contributed by atoms with Crippen LogP contribution < -0.4 is 0 Å². The highest BCUT2D eigenvalue weighted by atomic mass is 35.5. The lowest BCUT2D eigenvalue weighted by molar-refractivity contribution is 0.753. The van der Waals surface area contributed by atoms with Gasteiger partial charge in [0.1, 0.15) is 16.0 Å². The highest BCUT2D eigenvalue weighted by Crippen LogP contribution is 2.32. The standard InChI is InChI=1S/C16H17ClN2S/c1-10(2)16-18-14(17)9-15(19-16)20-13-7-6-11-4-3-5-12(11)8-13/h6-10H,3-5H2,1-2H3.